The van der Waals surface area contributed by atoms with Crippen LogP contribution in [0.4, 0.5) is 5.00 Å². The lowest BCUT2D eigenvalue weighted by atomic mass is 10.1. The van der Waals surface area contributed by atoms with Crippen LogP contribution in [0.1, 0.15) is 24.2 Å². The standard InChI is InChI=1S/C20H25N3O2S2/c1-3-22-10-12-23(13-11-22)20(26)21-18-16(19(24)25-4-2)14-17(27-18)15-8-6-5-7-9-15/h5-9,14H,3-4,10-13H2,1-2H3,(H,21,26). The van der Waals surface area contributed by atoms with Gasteiger partial charge < -0.3 is 19.9 Å². The van der Waals surface area contributed by atoms with Gasteiger partial charge in [-0.25, -0.2) is 4.79 Å². The van der Waals surface area contributed by atoms with E-state index in [-0.39, 0.29) is 5.97 Å². The first-order valence-corrected chi connectivity index (χ1v) is 10.5. The molecule has 2 heterocycles. The van der Waals surface area contributed by atoms with E-state index >= 15 is 0 Å². The number of carbonyl (C=O) groups is 1. The fourth-order valence-corrected chi connectivity index (χ4v) is 4.43. The van der Waals surface area contributed by atoms with Gasteiger partial charge in [-0.15, -0.1) is 11.3 Å². The Hall–Kier alpha value is -1.96. The number of thiocarbonyl (C=S) groups is 1. The largest absolute Gasteiger partial charge is 0.462 e. The monoisotopic (exact) mass is 403 g/mol. The highest BCUT2D eigenvalue weighted by Gasteiger charge is 2.22. The lowest BCUT2D eigenvalue weighted by molar-refractivity contribution is 0.0528. The summed E-state index contributed by atoms with van der Waals surface area (Å²) in [6, 6.07) is 11.9. The second kappa shape index (κ2) is 9.30. The zero-order valence-electron chi connectivity index (χ0n) is 15.7. The van der Waals surface area contributed by atoms with Gasteiger partial charge in [-0.2, -0.15) is 0 Å². The Kier molecular flexibility index (Phi) is 6.82. The molecular formula is C20H25N3O2S2. The molecular weight excluding hydrogens is 378 g/mol. The van der Waals surface area contributed by atoms with Crippen LogP contribution >= 0.6 is 23.6 Å². The molecule has 5 nitrogen and oxygen atoms in total. The molecule has 1 aromatic heterocycles. The van der Waals surface area contributed by atoms with Gasteiger partial charge in [0.15, 0.2) is 5.11 Å². The van der Waals surface area contributed by atoms with Gasteiger partial charge in [-0.1, -0.05) is 37.3 Å². The van der Waals surface area contributed by atoms with Gasteiger partial charge >= 0.3 is 5.97 Å². The highest BCUT2D eigenvalue weighted by atomic mass is 32.1. The average molecular weight is 404 g/mol. The van der Waals surface area contributed by atoms with Crippen LogP contribution in [-0.2, 0) is 4.74 Å². The molecule has 1 saturated heterocycles. The molecule has 0 spiro atoms. The molecule has 1 fully saturated rings. The predicted octanol–water partition coefficient (Wildman–Crippen LogP) is 3.93. The third-order valence-corrected chi connectivity index (χ3v) is 6.07. The number of thiophene rings is 1. The first kappa shape index (κ1) is 19.8. The summed E-state index contributed by atoms with van der Waals surface area (Å²) in [5, 5.41) is 4.71. The highest BCUT2D eigenvalue weighted by Crippen LogP contribution is 2.36. The first-order valence-electron chi connectivity index (χ1n) is 9.27. The smallest absolute Gasteiger partial charge is 0.341 e. The van der Waals surface area contributed by atoms with Gasteiger partial charge in [0, 0.05) is 31.1 Å². The Morgan fingerprint density at radius 3 is 2.52 bits per heavy atom. The molecule has 2 aromatic rings. The number of nitrogens with zero attached hydrogens (tertiary/aromatic N) is 2. The molecule has 0 bridgehead atoms. The van der Waals surface area contributed by atoms with Gasteiger partial charge in [0.05, 0.1) is 12.2 Å². The molecule has 0 saturated carbocycles. The third-order valence-electron chi connectivity index (χ3n) is 4.61. The van der Waals surface area contributed by atoms with Crippen molar-refractivity contribution in [2.24, 2.45) is 0 Å². The number of hydrogen-bond donors (Lipinski definition) is 1. The summed E-state index contributed by atoms with van der Waals surface area (Å²) in [5.74, 6) is -0.322. The van der Waals surface area contributed by atoms with E-state index in [2.05, 4.69) is 22.0 Å². The number of nitrogens with one attached hydrogen (secondary N) is 1. The number of anilines is 1. The second-order valence-corrected chi connectivity index (χ2v) is 7.73. The van der Waals surface area contributed by atoms with E-state index in [0.717, 1.165) is 48.2 Å². The Morgan fingerprint density at radius 2 is 1.89 bits per heavy atom. The van der Waals surface area contributed by atoms with E-state index in [1.807, 2.05) is 43.3 Å². The number of esters is 1. The zero-order valence-corrected chi connectivity index (χ0v) is 17.4. The lowest BCUT2D eigenvalue weighted by Gasteiger charge is -2.35. The maximum absolute atomic E-state index is 12.4. The number of benzene rings is 1. The summed E-state index contributed by atoms with van der Waals surface area (Å²) in [6.45, 7) is 9.19. The molecule has 7 heteroatoms. The number of piperazine rings is 1. The molecule has 1 aromatic carbocycles. The molecule has 0 unspecified atom stereocenters. The predicted molar refractivity (Wildman–Crippen MR) is 116 cm³/mol. The fourth-order valence-electron chi connectivity index (χ4n) is 3.03. The van der Waals surface area contributed by atoms with Gasteiger partial charge in [-0.05, 0) is 37.3 Å². The van der Waals surface area contributed by atoms with Crippen molar-refractivity contribution in [2.45, 2.75) is 13.8 Å². The number of hydrogen-bond acceptors (Lipinski definition) is 5. The molecule has 0 radical (unpaired) electrons. The van der Waals surface area contributed by atoms with Gasteiger partial charge in [0.2, 0.25) is 0 Å². The van der Waals surface area contributed by atoms with Crippen LogP contribution in [0.25, 0.3) is 10.4 Å². The Labute approximate surface area is 169 Å². The van der Waals surface area contributed by atoms with Crippen molar-refractivity contribution < 1.29 is 9.53 Å². The van der Waals surface area contributed by atoms with E-state index in [1.165, 1.54) is 11.3 Å². The fraction of sp³-hybridized carbons (Fsp3) is 0.400. The molecule has 0 amide bonds. The van der Waals surface area contributed by atoms with Crippen molar-refractivity contribution in [3.63, 3.8) is 0 Å². The molecule has 1 aliphatic heterocycles. The van der Waals surface area contributed by atoms with E-state index < -0.39 is 0 Å². The van der Waals surface area contributed by atoms with Crippen LogP contribution in [0.15, 0.2) is 36.4 Å². The van der Waals surface area contributed by atoms with Crippen LogP contribution in [0, 0.1) is 0 Å². The molecule has 1 N–H and O–H groups in total. The van der Waals surface area contributed by atoms with Gasteiger partial charge in [0.25, 0.3) is 0 Å². The van der Waals surface area contributed by atoms with E-state index in [4.69, 9.17) is 17.0 Å². The minimum atomic E-state index is -0.322. The van der Waals surface area contributed by atoms with Gasteiger partial charge in [0.1, 0.15) is 5.00 Å². The van der Waals surface area contributed by atoms with Crippen molar-refractivity contribution in [3.05, 3.63) is 42.0 Å². The quantitative estimate of drug-likeness (QED) is 0.603. The molecule has 3 rings (SSSR count). The number of carbonyl (C=O) groups excluding carboxylic acids is 1. The van der Waals surface area contributed by atoms with Crippen LogP contribution in [0.2, 0.25) is 0 Å². The van der Waals surface area contributed by atoms with E-state index in [0.29, 0.717) is 17.3 Å². The number of rotatable bonds is 5. The number of ether oxygens (including phenoxy) is 1. The van der Waals surface area contributed by atoms with Crippen molar-refractivity contribution >= 4 is 39.6 Å². The zero-order chi connectivity index (χ0) is 19.2. The van der Waals surface area contributed by atoms with E-state index in [9.17, 15) is 4.79 Å². The summed E-state index contributed by atoms with van der Waals surface area (Å²) < 4.78 is 5.24. The Bertz CT molecular complexity index is 784. The van der Waals surface area contributed by atoms with Crippen molar-refractivity contribution in [1.82, 2.24) is 9.80 Å². The molecule has 0 aliphatic carbocycles. The van der Waals surface area contributed by atoms with Crippen LogP contribution in [-0.4, -0.2) is 60.2 Å². The maximum atomic E-state index is 12.4. The molecule has 27 heavy (non-hydrogen) atoms. The van der Waals surface area contributed by atoms with Crippen molar-refractivity contribution in [3.8, 4) is 10.4 Å². The Balaban J connectivity index is 1.79. The highest BCUT2D eigenvalue weighted by molar-refractivity contribution is 7.80. The number of likely N-dealkylation sites (N-methyl/N-ethyl adjacent to an activating group) is 1. The summed E-state index contributed by atoms with van der Waals surface area (Å²) in [7, 11) is 0. The molecule has 1 aliphatic rings. The van der Waals surface area contributed by atoms with Crippen LogP contribution in [0.5, 0.6) is 0 Å². The minimum absolute atomic E-state index is 0.322. The summed E-state index contributed by atoms with van der Waals surface area (Å²) in [6.07, 6.45) is 0. The summed E-state index contributed by atoms with van der Waals surface area (Å²) >= 11 is 7.15. The minimum Gasteiger partial charge on any atom is -0.462 e. The normalized spacial score (nSPS) is 14.8. The molecule has 0 atom stereocenters. The second-order valence-electron chi connectivity index (χ2n) is 6.29. The Morgan fingerprint density at radius 1 is 1.19 bits per heavy atom. The van der Waals surface area contributed by atoms with Crippen molar-refractivity contribution in [1.29, 1.82) is 0 Å². The molecule has 144 valence electrons. The van der Waals surface area contributed by atoms with Gasteiger partial charge in [-0.3, -0.25) is 0 Å². The summed E-state index contributed by atoms with van der Waals surface area (Å²) in [5.41, 5.74) is 1.61. The van der Waals surface area contributed by atoms with Crippen LogP contribution in [0.3, 0.4) is 0 Å². The van der Waals surface area contributed by atoms with E-state index in [1.54, 1.807) is 0 Å². The third kappa shape index (κ3) is 4.86. The van der Waals surface area contributed by atoms with Crippen molar-refractivity contribution in [2.75, 3.05) is 44.6 Å². The maximum Gasteiger partial charge on any atom is 0.341 e. The van der Waals surface area contributed by atoms with Crippen LogP contribution < -0.4 is 5.32 Å². The topological polar surface area (TPSA) is 44.8 Å². The summed E-state index contributed by atoms with van der Waals surface area (Å²) in [4.78, 5) is 18.0. The lowest BCUT2D eigenvalue weighted by Crippen LogP contribution is -2.49. The SMILES string of the molecule is CCOC(=O)c1cc(-c2ccccc2)sc1NC(=S)N1CCN(CC)CC1. The average Bonchev–Trinajstić information content (AvgIpc) is 3.13. The first-order chi connectivity index (χ1) is 13.1.